The molecule has 3 nitrogen and oxygen atoms in total. The predicted octanol–water partition coefficient (Wildman–Crippen LogP) is 1.30. The van der Waals surface area contributed by atoms with Crippen molar-refractivity contribution in [2.24, 2.45) is 0 Å². The molecular formula is C16H14O3-2. The lowest BCUT2D eigenvalue weighted by atomic mass is 9.94. The maximum absolute atomic E-state index is 12.2. The molecule has 2 rings (SSSR count). The van der Waals surface area contributed by atoms with Gasteiger partial charge >= 0.3 is 0 Å². The molecule has 0 saturated carbocycles. The van der Waals surface area contributed by atoms with Crippen LogP contribution in [0.15, 0.2) is 54.6 Å². The van der Waals surface area contributed by atoms with Crippen LogP contribution in [0.4, 0.5) is 0 Å². The van der Waals surface area contributed by atoms with Crippen LogP contribution in [0.5, 0.6) is 0 Å². The van der Waals surface area contributed by atoms with Crippen molar-refractivity contribution in [1.29, 1.82) is 0 Å². The molecular weight excluding hydrogens is 240 g/mol. The van der Waals surface area contributed by atoms with Crippen LogP contribution in [0.3, 0.4) is 0 Å². The molecule has 19 heavy (non-hydrogen) atoms. The fraction of sp³-hybridized carbons (Fsp3) is 0.125. The Labute approximate surface area is 112 Å². The second kappa shape index (κ2) is 5.97. The smallest absolute Gasteiger partial charge is 0.0114 e. The Morgan fingerprint density at radius 1 is 0.947 bits per heavy atom. The van der Waals surface area contributed by atoms with Gasteiger partial charge in [-0.1, -0.05) is 78.8 Å². The van der Waals surface area contributed by atoms with E-state index in [-0.39, 0.29) is 6.10 Å². The van der Waals surface area contributed by atoms with Crippen LogP contribution in [0, 0.1) is 12.4 Å². The average Bonchev–Trinajstić information content (AvgIpc) is 2.46. The Balaban J connectivity index is 2.29. The zero-order chi connectivity index (χ0) is 13.8. The van der Waals surface area contributed by atoms with E-state index >= 15 is 0 Å². The first-order chi connectivity index (χ1) is 9.09. The van der Waals surface area contributed by atoms with Gasteiger partial charge in [-0.3, -0.25) is 0 Å². The van der Waals surface area contributed by atoms with Crippen molar-refractivity contribution < 1.29 is 15.3 Å². The minimum atomic E-state index is -0.899. The second-order valence-corrected chi connectivity index (χ2v) is 4.38. The van der Waals surface area contributed by atoms with E-state index in [1.54, 1.807) is 55.5 Å². The molecule has 0 fully saturated rings. The summed E-state index contributed by atoms with van der Waals surface area (Å²) in [5.41, 5.74) is 1.74. The Morgan fingerprint density at radius 2 is 1.58 bits per heavy atom. The van der Waals surface area contributed by atoms with Crippen LogP contribution in [0.1, 0.15) is 29.5 Å². The lowest BCUT2D eigenvalue weighted by Gasteiger charge is -2.26. The Morgan fingerprint density at radius 3 is 2.21 bits per heavy atom. The lowest BCUT2D eigenvalue weighted by Crippen LogP contribution is -2.22. The molecule has 0 spiro atoms. The SMILES string of the molecule is CC([C]([O-])O)c1cccc([C]([O-])c2ccccc2)c1. The van der Waals surface area contributed by atoms with Crippen molar-refractivity contribution in [1.82, 2.24) is 0 Å². The third-order valence-corrected chi connectivity index (χ3v) is 3.06. The van der Waals surface area contributed by atoms with Crippen molar-refractivity contribution in [3.05, 3.63) is 83.7 Å². The first-order valence-electron chi connectivity index (χ1n) is 6.02. The molecule has 2 aromatic rings. The van der Waals surface area contributed by atoms with Crippen LogP contribution < -0.4 is 10.2 Å². The van der Waals surface area contributed by atoms with E-state index in [4.69, 9.17) is 5.11 Å². The van der Waals surface area contributed by atoms with E-state index in [0.717, 1.165) is 0 Å². The molecule has 2 radical (unpaired) electrons. The summed E-state index contributed by atoms with van der Waals surface area (Å²) in [6.45, 7) is 1.61. The molecule has 0 aromatic heterocycles. The molecule has 0 aliphatic heterocycles. The molecule has 98 valence electrons. The summed E-state index contributed by atoms with van der Waals surface area (Å²) in [4.78, 5) is 0. The zero-order valence-corrected chi connectivity index (χ0v) is 10.5. The standard InChI is InChI=1S/C16H14O3/c1-11(16(18)19)13-8-5-9-14(10-13)15(17)12-6-3-2-4-7-12/h2-11,18H,1H3/q-2. The summed E-state index contributed by atoms with van der Waals surface area (Å²) in [5, 5.41) is 32.2. The monoisotopic (exact) mass is 254 g/mol. The maximum atomic E-state index is 12.2. The van der Waals surface area contributed by atoms with Crippen molar-refractivity contribution >= 4 is 0 Å². The summed E-state index contributed by atoms with van der Waals surface area (Å²) < 4.78 is 0. The van der Waals surface area contributed by atoms with E-state index < -0.39 is 12.2 Å². The van der Waals surface area contributed by atoms with Crippen molar-refractivity contribution in [3.8, 4) is 0 Å². The molecule has 0 aliphatic rings. The molecule has 3 heteroatoms. The number of hydrogen-bond donors (Lipinski definition) is 1. The molecule has 2 aromatic carbocycles. The minimum absolute atomic E-state index is 0.0972. The van der Waals surface area contributed by atoms with Crippen LogP contribution in [-0.2, 0) is 0 Å². The summed E-state index contributed by atoms with van der Waals surface area (Å²) in [6.07, 6.45) is -0.996. The second-order valence-electron chi connectivity index (χ2n) is 4.38. The highest BCUT2D eigenvalue weighted by atomic mass is 16.5. The van der Waals surface area contributed by atoms with E-state index in [1.807, 2.05) is 6.07 Å². The van der Waals surface area contributed by atoms with E-state index in [2.05, 4.69) is 0 Å². The van der Waals surface area contributed by atoms with Crippen molar-refractivity contribution in [2.75, 3.05) is 0 Å². The van der Waals surface area contributed by atoms with Gasteiger partial charge < -0.3 is 15.3 Å². The van der Waals surface area contributed by atoms with E-state index in [0.29, 0.717) is 16.7 Å². The Kier molecular flexibility index (Phi) is 4.32. The summed E-state index contributed by atoms with van der Waals surface area (Å²) in [5.74, 6) is -0.622. The molecule has 0 saturated heterocycles. The largest absolute Gasteiger partial charge is 0.843 e. The maximum Gasteiger partial charge on any atom is 0.0114 e. The summed E-state index contributed by atoms with van der Waals surface area (Å²) in [6, 6.07) is 15.7. The topological polar surface area (TPSA) is 66.3 Å². The van der Waals surface area contributed by atoms with E-state index in [9.17, 15) is 10.2 Å². The van der Waals surface area contributed by atoms with Crippen molar-refractivity contribution in [2.45, 2.75) is 12.8 Å². The molecule has 1 unspecified atom stereocenters. The van der Waals surface area contributed by atoms with Crippen LogP contribution in [0.25, 0.3) is 0 Å². The van der Waals surface area contributed by atoms with Gasteiger partial charge in [0.1, 0.15) is 0 Å². The Hall–Kier alpha value is -1.68. The number of benzene rings is 2. The van der Waals surface area contributed by atoms with Gasteiger partial charge in [-0.25, -0.2) is 0 Å². The third kappa shape index (κ3) is 3.20. The highest BCUT2D eigenvalue weighted by Crippen LogP contribution is 2.25. The molecule has 0 aliphatic carbocycles. The van der Waals surface area contributed by atoms with Gasteiger partial charge in [0.15, 0.2) is 0 Å². The number of aliphatic hydroxyl groups excluding tert-OH is 1. The number of rotatable bonds is 4. The third-order valence-electron chi connectivity index (χ3n) is 3.06. The normalized spacial score (nSPS) is 12.9. The minimum Gasteiger partial charge on any atom is -0.843 e. The van der Waals surface area contributed by atoms with Gasteiger partial charge in [0.2, 0.25) is 0 Å². The first-order valence-corrected chi connectivity index (χ1v) is 6.02. The van der Waals surface area contributed by atoms with Crippen LogP contribution >= 0.6 is 0 Å². The van der Waals surface area contributed by atoms with Gasteiger partial charge in [-0.05, 0) is 11.5 Å². The average molecular weight is 254 g/mol. The predicted molar refractivity (Wildman–Crippen MR) is 67.9 cm³/mol. The van der Waals surface area contributed by atoms with Crippen molar-refractivity contribution in [3.63, 3.8) is 0 Å². The summed E-state index contributed by atoms with van der Waals surface area (Å²) in [7, 11) is 0. The van der Waals surface area contributed by atoms with Gasteiger partial charge in [0, 0.05) is 6.29 Å². The van der Waals surface area contributed by atoms with Gasteiger partial charge in [-0.15, -0.1) is 0 Å². The number of hydrogen-bond acceptors (Lipinski definition) is 3. The van der Waals surface area contributed by atoms with Gasteiger partial charge in [0.25, 0.3) is 0 Å². The van der Waals surface area contributed by atoms with Crippen LogP contribution in [0.2, 0.25) is 0 Å². The fourth-order valence-corrected chi connectivity index (χ4v) is 1.85. The molecule has 0 amide bonds. The number of aliphatic hydroxyl groups is 1. The molecule has 0 heterocycles. The highest BCUT2D eigenvalue weighted by Gasteiger charge is 2.09. The quantitative estimate of drug-likeness (QED) is 0.894. The first kappa shape index (κ1) is 13.7. The zero-order valence-electron chi connectivity index (χ0n) is 10.5. The van der Waals surface area contributed by atoms with Crippen LogP contribution in [-0.4, -0.2) is 5.11 Å². The highest BCUT2D eigenvalue weighted by molar-refractivity contribution is 5.42. The lowest BCUT2D eigenvalue weighted by molar-refractivity contribution is -0.412. The molecule has 1 N–H and O–H groups in total. The molecule has 1 atom stereocenters. The molecule has 0 bridgehead atoms. The van der Waals surface area contributed by atoms with Gasteiger partial charge in [0.05, 0.1) is 0 Å². The Bertz CT molecular complexity index is 523. The van der Waals surface area contributed by atoms with Gasteiger partial charge in [-0.2, -0.15) is 0 Å². The fourth-order valence-electron chi connectivity index (χ4n) is 1.85. The summed E-state index contributed by atoms with van der Waals surface area (Å²) >= 11 is 0. The van der Waals surface area contributed by atoms with E-state index in [1.165, 1.54) is 0 Å².